The van der Waals surface area contributed by atoms with Crippen molar-refractivity contribution in [1.82, 2.24) is 4.98 Å². The van der Waals surface area contributed by atoms with Crippen LogP contribution in [-0.2, 0) is 0 Å². The zero-order valence-electron chi connectivity index (χ0n) is 10.4. The summed E-state index contributed by atoms with van der Waals surface area (Å²) in [6, 6.07) is 5.72. The lowest BCUT2D eigenvalue weighted by molar-refractivity contribution is 0.297. The largest absolute Gasteiger partial charge is 0.330 e. The number of aromatic nitrogens is 1. The number of pyridine rings is 1. The van der Waals surface area contributed by atoms with Crippen molar-refractivity contribution in [3.05, 3.63) is 30.6 Å². The first kappa shape index (κ1) is 14.1. The fraction of sp³-hybridized carbons (Fsp3) is 0.615. The van der Waals surface area contributed by atoms with Gasteiger partial charge in [0, 0.05) is 12.4 Å². The molecule has 15 heavy (non-hydrogen) atoms. The van der Waals surface area contributed by atoms with Crippen LogP contribution in [0.4, 0.5) is 0 Å². The second kappa shape index (κ2) is 8.42. The smallest absolute Gasteiger partial charge is 0.0267 e. The Bertz CT molecular complexity index is 185. The van der Waals surface area contributed by atoms with Crippen LogP contribution in [-0.4, -0.2) is 11.5 Å². The van der Waals surface area contributed by atoms with Gasteiger partial charge in [-0.05, 0) is 36.4 Å². The topological polar surface area (TPSA) is 38.9 Å². The molecule has 0 aliphatic rings. The van der Waals surface area contributed by atoms with Crippen molar-refractivity contribution in [2.45, 2.75) is 27.7 Å². The molecule has 0 atom stereocenters. The summed E-state index contributed by atoms with van der Waals surface area (Å²) in [4.78, 5) is 3.78. The van der Waals surface area contributed by atoms with Gasteiger partial charge in [-0.2, -0.15) is 0 Å². The van der Waals surface area contributed by atoms with Crippen molar-refractivity contribution < 1.29 is 0 Å². The number of nitrogens with two attached hydrogens (primary N) is 1. The van der Waals surface area contributed by atoms with Gasteiger partial charge in [-0.3, -0.25) is 4.98 Å². The maximum atomic E-state index is 5.57. The van der Waals surface area contributed by atoms with Crippen molar-refractivity contribution in [2.24, 2.45) is 23.5 Å². The summed E-state index contributed by atoms with van der Waals surface area (Å²) in [5.74, 6) is 2.16. The van der Waals surface area contributed by atoms with Gasteiger partial charge in [0.2, 0.25) is 0 Å². The van der Waals surface area contributed by atoms with Gasteiger partial charge < -0.3 is 5.73 Å². The summed E-state index contributed by atoms with van der Waals surface area (Å²) in [7, 11) is 0. The van der Waals surface area contributed by atoms with Gasteiger partial charge >= 0.3 is 0 Å². The first-order valence-corrected chi connectivity index (χ1v) is 5.64. The van der Waals surface area contributed by atoms with E-state index in [4.69, 9.17) is 5.73 Å². The molecule has 0 saturated carbocycles. The normalized spacial score (nSPS) is 10.4. The molecule has 1 aromatic heterocycles. The molecule has 1 rings (SSSR count). The van der Waals surface area contributed by atoms with Gasteiger partial charge in [-0.25, -0.2) is 0 Å². The fourth-order valence-electron chi connectivity index (χ4n) is 1.63. The molecular weight excluding hydrogens is 184 g/mol. The molecule has 0 aliphatic heterocycles. The third kappa shape index (κ3) is 7.09. The zero-order chi connectivity index (χ0) is 11.7. The monoisotopic (exact) mass is 208 g/mol. The van der Waals surface area contributed by atoms with Crippen LogP contribution in [0.5, 0.6) is 0 Å². The Balaban J connectivity index is 0.000000280. The minimum absolute atomic E-state index is 0.699. The average Bonchev–Trinajstić information content (AvgIpc) is 2.21. The van der Waals surface area contributed by atoms with Crippen LogP contribution in [0.25, 0.3) is 0 Å². The molecule has 0 aromatic carbocycles. The van der Waals surface area contributed by atoms with E-state index in [1.807, 2.05) is 18.2 Å². The first-order valence-electron chi connectivity index (χ1n) is 5.64. The molecule has 0 amide bonds. The lowest BCUT2D eigenvalue weighted by Gasteiger charge is -2.22. The minimum Gasteiger partial charge on any atom is -0.330 e. The Labute approximate surface area is 93.9 Å². The van der Waals surface area contributed by atoms with Crippen molar-refractivity contribution in [3.8, 4) is 0 Å². The van der Waals surface area contributed by atoms with Gasteiger partial charge in [-0.15, -0.1) is 0 Å². The quantitative estimate of drug-likeness (QED) is 0.829. The highest BCUT2D eigenvalue weighted by Gasteiger charge is 2.14. The molecule has 0 aliphatic carbocycles. The van der Waals surface area contributed by atoms with Crippen LogP contribution in [0, 0.1) is 17.8 Å². The maximum absolute atomic E-state index is 5.57. The molecule has 86 valence electrons. The number of nitrogens with zero attached hydrogens (tertiary/aromatic N) is 1. The predicted octanol–water partition coefficient (Wildman–Crippen LogP) is 2.95. The minimum atomic E-state index is 0.699. The highest BCUT2D eigenvalue weighted by atomic mass is 14.6. The molecule has 2 nitrogen and oxygen atoms in total. The van der Waals surface area contributed by atoms with Crippen molar-refractivity contribution in [3.63, 3.8) is 0 Å². The van der Waals surface area contributed by atoms with E-state index in [2.05, 4.69) is 32.7 Å². The highest BCUT2D eigenvalue weighted by Crippen LogP contribution is 2.18. The number of hydrogen-bond donors (Lipinski definition) is 1. The van der Waals surface area contributed by atoms with Crippen molar-refractivity contribution in [1.29, 1.82) is 0 Å². The van der Waals surface area contributed by atoms with Crippen LogP contribution >= 0.6 is 0 Å². The Hall–Kier alpha value is -0.890. The van der Waals surface area contributed by atoms with Crippen molar-refractivity contribution >= 4 is 0 Å². The third-order valence-corrected chi connectivity index (χ3v) is 2.55. The van der Waals surface area contributed by atoms with Gasteiger partial charge in [0.15, 0.2) is 0 Å². The third-order valence-electron chi connectivity index (χ3n) is 2.55. The molecule has 0 bridgehead atoms. The Morgan fingerprint density at radius 3 is 1.47 bits per heavy atom. The molecule has 0 saturated heterocycles. The van der Waals surface area contributed by atoms with Crippen LogP contribution in [0.2, 0.25) is 0 Å². The molecule has 0 fully saturated rings. The van der Waals surface area contributed by atoms with Crippen LogP contribution < -0.4 is 5.73 Å². The van der Waals surface area contributed by atoms with Crippen LogP contribution in [0.1, 0.15) is 27.7 Å². The van der Waals surface area contributed by atoms with Crippen molar-refractivity contribution in [2.75, 3.05) is 6.54 Å². The summed E-state index contributed by atoms with van der Waals surface area (Å²) < 4.78 is 0. The van der Waals surface area contributed by atoms with E-state index >= 15 is 0 Å². The fourth-order valence-corrected chi connectivity index (χ4v) is 1.63. The van der Waals surface area contributed by atoms with E-state index in [9.17, 15) is 0 Å². The highest BCUT2D eigenvalue weighted by molar-refractivity contribution is 4.88. The van der Waals surface area contributed by atoms with Gasteiger partial charge in [-0.1, -0.05) is 33.8 Å². The summed E-state index contributed by atoms with van der Waals surface area (Å²) in [6.45, 7) is 9.76. The Morgan fingerprint density at radius 2 is 1.40 bits per heavy atom. The molecule has 0 unspecified atom stereocenters. The SMILES string of the molecule is CC(C)C(CN)C(C)C.c1ccncc1. The van der Waals surface area contributed by atoms with E-state index in [1.165, 1.54) is 0 Å². The van der Waals surface area contributed by atoms with E-state index in [1.54, 1.807) is 12.4 Å². The van der Waals surface area contributed by atoms with E-state index in [0.717, 1.165) is 18.4 Å². The lowest BCUT2D eigenvalue weighted by atomic mass is 9.86. The molecule has 0 spiro atoms. The van der Waals surface area contributed by atoms with Crippen LogP contribution in [0.3, 0.4) is 0 Å². The Morgan fingerprint density at radius 1 is 0.933 bits per heavy atom. The van der Waals surface area contributed by atoms with Crippen LogP contribution in [0.15, 0.2) is 30.6 Å². The molecule has 0 radical (unpaired) electrons. The van der Waals surface area contributed by atoms with Gasteiger partial charge in [0.25, 0.3) is 0 Å². The zero-order valence-corrected chi connectivity index (χ0v) is 10.4. The van der Waals surface area contributed by atoms with Gasteiger partial charge in [0.1, 0.15) is 0 Å². The summed E-state index contributed by atoms with van der Waals surface area (Å²) in [5.41, 5.74) is 5.57. The van der Waals surface area contributed by atoms with E-state index < -0.39 is 0 Å². The molecule has 1 heterocycles. The van der Waals surface area contributed by atoms with Gasteiger partial charge in [0.05, 0.1) is 0 Å². The summed E-state index contributed by atoms with van der Waals surface area (Å²) in [6.07, 6.45) is 3.50. The predicted molar refractivity (Wildman–Crippen MR) is 66.5 cm³/mol. The van der Waals surface area contributed by atoms with E-state index in [0.29, 0.717) is 5.92 Å². The van der Waals surface area contributed by atoms with E-state index in [-0.39, 0.29) is 0 Å². The molecule has 2 heteroatoms. The summed E-state index contributed by atoms with van der Waals surface area (Å²) in [5, 5.41) is 0. The first-order chi connectivity index (χ1) is 7.09. The lowest BCUT2D eigenvalue weighted by Crippen LogP contribution is -2.24. The second-order valence-electron chi connectivity index (χ2n) is 4.41. The molecule has 2 N–H and O–H groups in total. The Kier molecular flexibility index (Phi) is 7.92. The summed E-state index contributed by atoms with van der Waals surface area (Å²) >= 11 is 0. The molecular formula is C13H24N2. The molecule has 1 aromatic rings. The second-order valence-corrected chi connectivity index (χ2v) is 4.41. The number of rotatable bonds is 3. The average molecular weight is 208 g/mol. The number of hydrogen-bond acceptors (Lipinski definition) is 2. The maximum Gasteiger partial charge on any atom is 0.0267 e. The standard InChI is InChI=1S/C8H19N.C5H5N/c1-6(2)8(5-9)7(3)4;1-2-4-6-5-3-1/h6-8H,5,9H2,1-4H3;1-5H.